The third-order valence-electron chi connectivity index (χ3n) is 4.34. The van der Waals surface area contributed by atoms with Crippen LogP contribution < -0.4 is 10.5 Å². The highest BCUT2D eigenvalue weighted by Crippen LogP contribution is 2.41. The Hall–Kier alpha value is -3.40. The number of nitrogens with zero attached hydrogens (tertiary/aromatic N) is 5. The van der Waals surface area contributed by atoms with Gasteiger partial charge in [-0.3, -0.25) is 4.68 Å². The molecule has 0 saturated carbocycles. The zero-order chi connectivity index (χ0) is 24.1. The van der Waals surface area contributed by atoms with E-state index in [1.807, 2.05) is 0 Å². The molecule has 2 aromatic carbocycles. The van der Waals surface area contributed by atoms with Crippen molar-refractivity contribution in [3.63, 3.8) is 0 Å². The zero-order valence-corrected chi connectivity index (χ0v) is 16.0. The lowest BCUT2D eigenvalue weighted by Gasteiger charge is -2.17. The largest absolute Gasteiger partial charge is 0.482 e. The van der Waals surface area contributed by atoms with Crippen molar-refractivity contribution in [2.45, 2.75) is 13.0 Å². The second-order valence-electron chi connectivity index (χ2n) is 6.24. The van der Waals surface area contributed by atoms with E-state index < -0.39 is 35.6 Å². The Kier molecular flexibility index (Phi) is 4.07. The van der Waals surface area contributed by atoms with Crippen LogP contribution in [0.3, 0.4) is 0 Å². The van der Waals surface area contributed by atoms with Crippen molar-refractivity contribution in [3.05, 3.63) is 59.2 Å². The van der Waals surface area contributed by atoms with Crippen LogP contribution in [0.25, 0.3) is 22.0 Å². The number of benzene rings is 2. The molecule has 0 radical (unpaired) electrons. The first-order valence-corrected chi connectivity index (χ1v) is 8.82. The summed E-state index contributed by atoms with van der Waals surface area (Å²) < 4.78 is 72.1. The molecule has 0 amide bonds. The van der Waals surface area contributed by atoms with Gasteiger partial charge in [-0.15, -0.1) is 0 Å². The topological polar surface area (TPSA) is 91.7 Å². The average molecular weight is 438 g/mol. The number of nitrogen functional groups attached to an aromatic ring is 1. The Balaban J connectivity index is 1.84. The smallest absolute Gasteiger partial charge is 0.191 e. The number of aryl methyl sites for hydroxylation is 1. The van der Waals surface area contributed by atoms with Crippen molar-refractivity contribution >= 4 is 28.3 Å². The van der Waals surface area contributed by atoms with Gasteiger partial charge in [0.15, 0.2) is 17.7 Å². The maximum Gasteiger partial charge on any atom is 0.191 e. The van der Waals surface area contributed by atoms with E-state index in [2.05, 4.69) is 20.1 Å². The Bertz CT molecular complexity index is 1380. The van der Waals surface area contributed by atoms with E-state index in [9.17, 15) is 8.78 Å². The normalized spacial score (nSPS) is 14.2. The molecule has 0 bridgehead atoms. The monoisotopic (exact) mass is 437 g/mol. The zero-order valence-electron chi connectivity index (χ0n) is 18.2. The number of fused-ring (bicyclic) bond motifs is 1. The number of hydrogen-bond donors (Lipinski definition) is 1. The average Bonchev–Trinajstić information content (AvgIpc) is 3.24. The molecule has 11 heteroatoms. The van der Waals surface area contributed by atoms with Gasteiger partial charge in [0, 0.05) is 28.3 Å². The molecule has 30 heavy (non-hydrogen) atoms. The molecule has 2 heterocycles. The summed E-state index contributed by atoms with van der Waals surface area (Å²) >= 11 is 5.66. The van der Waals surface area contributed by atoms with Crippen molar-refractivity contribution in [2.75, 3.05) is 5.73 Å². The molecular weight excluding hydrogens is 421 g/mol. The molecule has 0 aliphatic heterocycles. The molecule has 0 aliphatic rings. The molecule has 0 saturated heterocycles. The predicted molar refractivity (Wildman–Crippen MR) is 104 cm³/mol. The van der Waals surface area contributed by atoms with Gasteiger partial charge in [0.1, 0.15) is 40.9 Å². The Morgan fingerprint density at radius 2 is 2.00 bits per heavy atom. The maximum absolute atomic E-state index is 15.2. The minimum absolute atomic E-state index is 0.00976. The number of ether oxygens (including phenoxy) is 1. The highest BCUT2D eigenvalue weighted by molar-refractivity contribution is 6.31. The molecule has 0 unspecified atom stereocenters. The Morgan fingerprint density at radius 3 is 2.73 bits per heavy atom. The highest BCUT2D eigenvalue weighted by atomic mass is 35.5. The van der Waals surface area contributed by atoms with E-state index in [4.69, 9.17) is 26.2 Å². The SMILES string of the molecule is [2H]C([2H])([2H])n1cnc([C@@H](C)Oc2cc(F)c(-c3ccc(F)c(Cl)c3F)c3ncnc(N)c23)n1. The van der Waals surface area contributed by atoms with Crippen LogP contribution >= 0.6 is 11.6 Å². The van der Waals surface area contributed by atoms with E-state index in [0.29, 0.717) is 4.68 Å². The van der Waals surface area contributed by atoms with Crippen molar-refractivity contribution in [2.24, 2.45) is 6.98 Å². The third-order valence-corrected chi connectivity index (χ3v) is 4.68. The van der Waals surface area contributed by atoms with Gasteiger partial charge in [0.2, 0.25) is 0 Å². The van der Waals surface area contributed by atoms with Gasteiger partial charge < -0.3 is 10.5 Å². The van der Waals surface area contributed by atoms with Crippen LogP contribution in [-0.2, 0) is 6.98 Å². The number of aromatic nitrogens is 5. The summed E-state index contributed by atoms with van der Waals surface area (Å²) in [7, 11) is 0. The molecule has 154 valence electrons. The molecule has 1 atom stereocenters. The number of halogens is 4. The molecule has 4 aromatic rings. The minimum atomic E-state index is -2.54. The van der Waals surface area contributed by atoms with Gasteiger partial charge in [-0.2, -0.15) is 5.10 Å². The third kappa shape index (κ3) is 3.28. The second kappa shape index (κ2) is 7.45. The van der Waals surface area contributed by atoms with Gasteiger partial charge in [-0.1, -0.05) is 11.6 Å². The Morgan fingerprint density at radius 1 is 1.20 bits per heavy atom. The molecule has 2 N–H and O–H groups in total. The fourth-order valence-electron chi connectivity index (χ4n) is 2.98. The first-order valence-electron chi connectivity index (χ1n) is 9.94. The van der Waals surface area contributed by atoms with Crippen LogP contribution in [0.5, 0.6) is 5.75 Å². The first kappa shape index (κ1) is 16.4. The predicted octanol–water partition coefficient (Wildman–Crippen LogP) is 4.22. The van der Waals surface area contributed by atoms with Crippen molar-refractivity contribution in [1.82, 2.24) is 24.7 Å². The molecule has 0 spiro atoms. The van der Waals surface area contributed by atoms with E-state index in [-0.39, 0.29) is 39.4 Å². The lowest BCUT2D eigenvalue weighted by Crippen LogP contribution is -2.08. The van der Waals surface area contributed by atoms with Crippen LogP contribution in [0.4, 0.5) is 19.0 Å². The van der Waals surface area contributed by atoms with Crippen LogP contribution in [0.2, 0.25) is 5.02 Å². The van der Waals surface area contributed by atoms with E-state index in [1.54, 1.807) is 0 Å². The van der Waals surface area contributed by atoms with Gasteiger partial charge in [-0.05, 0) is 19.1 Å². The van der Waals surface area contributed by atoms with Gasteiger partial charge in [-0.25, -0.2) is 28.1 Å². The molecule has 7 nitrogen and oxygen atoms in total. The molecule has 0 aliphatic carbocycles. The molecule has 4 rings (SSSR count). The Labute approximate surface area is 177 Å². The van der Waals surface area contributed by atoms with Crippen LogP contribution in [-0.4, -0.2) is 24.7 Å². The summed E-state index contributed by atoms with van der Waals surface area (Å²) in [6, 6.07) is 2.86. The van der Waals surface area contributed by atoms with E-state index in [0.717, 1.165) is 30.9 Å². The molecule has 0 fully saturated rings. The first-order chi connectivity index (χ1) is 15.5. The fraction of sp³-hybridized carbons (Fsp3) is 0.158. The lowest BCUT2D eigenvalue weighted by molar-refractivity contribution is 0.218. The fourth-order valence-corrected chi connectivity index (χ4v) is 3.14. The summed E-state index contributed by atoms with van der Waals surface area (Å²) in [4.78, 5) is 11.8. The quantitative estimate of drug-likeness (QED) is 0.481. The summed E-state index contributed by atoms with van der Waals surface area (Å²) in [5.74, 6) is -3.33. The van der Waals surface area contributed by atoms with Crippen LogP contribution in [0.15, 0.2) is 30.9 Å². The van der Waals surface area contributed by atoms with Crippen molar-refractivity contribution in [3.8, 4) is 16.9 Å². The van der Waals surface area contributed by atoms with Crippen LogP contribution in [0.1, 0.15) is 23.0 Å². The number of rotatable bonds is 4. The van der Waals surface area contributed by atoms with Crippen LogP contribution in [0, 0.1) is 17.5 Å². The van der Waals surface area contributed by atoms with E-state index >= 15 is 4.39 Å². The number of hydrogen-bond acceptors (Lipinski definition) is 6. The van der Waals surface area contributed by atoms with Crippen molar-refractivity contribution in [1.29, 1.82) is 0 Å². The second-order valence-corrected chi connectivity index (χ2v) is 6.62. The van der Waals surface area contributed by atoms with Gasteiger partial charge >= 0.3 is 0 Å². The number of anilines is 1. The van der Waals surface area contributed by atoms with Gasteiger partial charge in [0.25, 0.3) is 0 Å². The maximum atomic E-state index is 15.2. The number of nitrogens with two attached hydrogens (primary N) is 1. The molecule has 2 aromatic heterocycles. The summed E-state index contributed by atoms with van der Waals surface area (Å²) in [5.41, 5.74) is 5.22. The summed E-state index contributed by atoms with van der Waals surface area (Å²) in [6.45, 7) is -1.03. The summed E-state index contributed by atoms with van der Waals surface area (Å²) in [5, 5.41) is 3.11. The summed E-state index contributed by atoms with van der Waals surface area (Å²) in [6.07, 6.45) is 1.14. The lowest BCUT2D eigenvalue weighted by atomic mass is 10.00. The standard InChI is InChI=1S/C19H14ClF3N6O/c1-8(19-27-7-29(2)28-19)30-12-5-11(22)13(17-14(12)18(24)26-6-25-17)9-3-4-10(21)15(20)16(9)23/h3-8H,1-2H3,(H2,24,25,26)/t8-/m1/s1/i2D3. The highest BCUT2D eigenvalue weighted by Gasteiger charge is 2.24. The van der Waals surface area contributed by atoms with Crippen molar-refractivity contribution < 1.29 is 22.0 Å². The van der Waals surface area contributed by atoms with E-state index in [1.165, 1.54) is 6.92 Å². The van der Waals surface area contributed by atoms with Gasteiger partial charge in [0.05, 0.1) is 10.9 Å². The molecular formula is C19H14ClF3N6O. The minimum Gasteiger partial charge on any atom is -0.482 e.